The van der Waals surface area contributed by atoms with Crippen molar-refractivity contribution < 1.29 is 23.9 Å². The van der Waals surface area contributed by atoms with Gasteiger partial charge in [-0.15, -0.1) is 0 Å². The minimum absolute atomic E-state index is 0.105. The Labute approximate surface area is 208 Å². The number of ether oxygens (including phenoxy) is 2. The lowest BCUT2D eigenvalue weighted by molar-refractivity contribution is -0.139. The van der Waals surface area contributed by atoms with Crippen LogP contribution in [-0.2, 0) is 14.3 Å². The van der Waals surface area contributed by atoms with Gasteiger partial charge in [-0.25, -0.2) is 4.79 Å². The van der Waals surface area contributed by atoms with Crippen molar-refractivity contribution in [3.05, 3.63) is 30.3 Å². The first-order valence-corrected chi connectivity index (χ1v) is 12.4. The third kappa shape index (κ3) is 6.25. The van der Waals surface area contributed by atoms with Crippen LogP contribution in [0.25, 0.3) is 0 Å². The molecule has 0 bridgehead atoms. The molecule has 194 valence electrons. The summed E-state index contributed by atoms with van der Waals surface area (Å²) < 4.78 is 12.0. The molecule has 2 fully saturated rings. The monoisotopic (exact) mass is 488 g/mol. The number of carbonyl (C=O) groups excluding carboxylic acids is 3. The minimum Gasteiger partial charge on any atom is -0.486 e. The molecule has 2 aliphatic rings. The van der Waals surface area contributed by atoms with Crippen LogP contribution in [0, 0.1) is 5.92 Å². The van der Waals surface area contributed by atoms with Crippen molar-refractivity contribution in [3.8, 4) is 5.75 Å². The maximum Gasteiger partial charge on any atom is 0.410 e. The largest absolute Gasteiger partial charge is 0.486 e. The van der Waals surface area contributed by atoms with Crippen molar-refractivity contribution >= 4 is 17.9 Å². The predicted molar refractivity (Wildman–Crippen MR) is 133 cm³/mol. The van der Waals surface area contributed by atoms with E-state index < -0.39 is 29.9 Å². The Morgan fingerprint density at radius 1 is 1.06 bits per heavy atom. The van der Waals surface area contributed by atoms with Crippen molar-refractivity contribution in [3.63, 3.8) is 0 Å². The highest BCUT2D eigenvalue weighted by Gasteiger charge is 2.54. The van der Waals surface area contributed by atoms with Crippen LogP contribution in [0.5, 0.6) is 5.75 Å². The number of amides is 3. The van der Waals surface area contributed by atoms with Gasteiger partial charge in [-0.1, -0.05) is 32.0 Å². The molecule has 35 heavy (non-hydrogen) atoms. The lowest BCUT2D eigenvalue weighted by atomic mass is 10.0. The highest BCUT2D eigenvalue weighted by molar-refractivity contribution is 5.90. The van der Waals surface area contributed by atoms with Gasteiger partial charge in [0.15, 0.2) is 0 Å². The predicted octanol–water partition coefficient (Wildman–Crippen LogP) is 2.40. The molecule has 9 heteroatoms. The molecule has 2 heterocycles. The number of rotatable bonds is 7. The summed E-state index contributed by atoms with van der Waals surface area (Å²) in [6.45, 7) is 11.9. The summed E-state index contributed by atoms with van der Waals surface area (Å²) in [6, 6.07) is 7.76. The van der Waals surface area contributed by atoms with E-state index in [4.69, 9.17) is 9.47 Å². The number of nitrogens with one attached hydrogen (secondary N) is 2. The normalized spacial score (nSPS) is 23.6. The molecule has 9 nitrogen and oxygen atoms in total. The highest BCUT2D eigenvalue weighted by atomic mass is 16.6. The summed E-state index contributed by atoms with van der Waals surface area (Å²) in [5.41, 5.74) is -0.629. The van der Waals surface area contributed by atoms with Gasteiger partial charge in [-0.3, -0.25) is 14.5 Å². The van der Waals surface area contributed by atoms with Crippen LogP contribution in [0.2, 0.25) is 0 Å². The van der Waals surface area contributed by atoms with Gasteiger partial charge in [0.05, 0.1) is 24.7 Å². The second kappa shape index (κ2) is 10.8. The van der Waals surface area contributed by atoms with Crippen molar-refractivity contribution in [2.75, 3.05) is 20.1 Å². The van der Waals surface area contributed by atoms with Gasteiger partial charge in [0.1, 0.15) is 23.5 Å². The maximum absolute atomic E-state index is 13.8. The number of hydrogen-bond donors (Lipinski definition) is 2. The Morgan fingerprint density at radius 2 is 1.71 bits per heavy atom. The van der Waals surface area contributed by atoms with Crippen LogP contribution >= 0.6 is 0 Å². The molecule has 3 rings (SSSR count). The molecule has 5 atom stereocenters. The fourth-order valence-corrected chi connectivity index (χ4v) is 4.69. The number of likely N-dealkylation sites (N-methyl/N-ethyl adjacent to an activating group) is 1. The van der Waals surface area contributed by atoms with E-state index in [1.807, 2.05) is 65.0 Å². The van der Waals surface area contributed by atoms with Crippen LogP contribution in [-0.4, -0.2) is 83.7 Å². The third-order valence-corrected chi connectivity index (χ3v) is 6.58. The highest BCUT2D eigenvalue weighted by Crippen LogP contribution is 2.36. The fourth-order valence-electron chi connectivity index (χ4n) is 4.69. The molecule has 1 unspecified atom stereocenters. The standard InChI is InChI=1S/C26H40N4O5/c1-16(2)21(28-23(31)17(3)27-7)24(32)29-14-13-19-22(29)20(34-18-11-9-8-10-12-18)15-30(19)25(33)35-26(4,5)6/h8-12,16-17,19-22,27H,13-15H2,1-7H3,(H,28,31)/t17-,19+,20-,21?,22-/m0/s1. The molecule has 2 aliphatic heterocycles. The first kappa shape index (κ1) is 26.8. The third-order valence-electron chi connectivity index (χ3n) is 6.58. The van der Waals surface area contributed by atoms with Crippen molar-refractivity contribution in [1.82, 2.24) is 20.4 Å². The summed E-state index contributed by atoms with van der Waals surface area (Å²) in [4.78, 5) is 42.9. The number of benzene rings is 1. The molecule has 0 saturated carbocycles. The van der Waals surface area contributed by atoms with Crippen LogP contribution in [0.4, 0.5) is 4.79 Å². The van der Waals surface area contributed by atoms with E-state index in [1.165, 1.54) is 0 Å². The molecular weight excluding hydrogens is 448 g/mol. The Kier molecular flexibility index (Phi) is 8.30. The molecule has 0 radical (unpaired) electrons. The molecule has 0 aromatic heterocycles. The summed E-state index contributed by atoms with van der Waals surface area (Å²) in [6.07, 6.45) is -0.200. The zero-order chi connectivity index (χ0) is 25.9. The topological polar surface area (TPSA) is 100 Å². The van der Waals surface area contributed by atoms with Crippen LogP contribution in [0.3, 0.4) is 0 Å². The van der Waals surface area contributed by atoms with Crippen LogP contribution in [0.15, 0.2) is 30.3 Å². The van der Waals surface area contributed by atoms with Gasteiger partial charge >= 0.3 is 6.09 Å². The molecule has 1 aromatic carbocycles. The van der Waals surface area contributed by atoms with E-state index in [9.17, 15) is 14.4 Å². The van der Waals surface area contributed by atoms with E-state index in [2.05, 4.69) is 10.6 Å². The second-order valence-electron chi connectivity index (χ2n) is 10.7. The quantitative estimate of drug-likeness (QED) is 0.611. The Bertz CT molecular complexity index is 901. The maximum atomic E-state index is 13.8. The molecular formula is C26H40N4O5. The second-order valence-corrected chi connectivity index (χ2v) is 10.7. The van der Waals surface area contributed by atoms with E-state index >= 15 is 0 Å². The summed E-state index contributed by atoms with van der Waals surface area (Å²) >= 11 is 0. The lowest BCUT2D eigenvalue weighted by Crippen LogP contribution is -2.57. The zero-order valence-electron chi connectivity index (χ0n) is 21.9. The molecule has 0 aliphatic carbocycles. The van der Waals surface area contributed by atoms with E-state index in [1.54, 1.807) is 23.8 Å². The van der Waals surface area contributed by atoms with Gasteiger partial charge in [0, 0.05) is 6.54 Å². The summed E-state index contributed by atoms with van der Waals surface area (Å²) in [5, 5.41) is 5.83. The van der Waals surface area contributed by atoms with E-state index in [0.717, 1.165) is 0 Å². The van der Waals surface area contributed by atoms with E-state index in [-0.39, 0.29) is 29.8 Å². The van der Waals surface area contributed by atoms with Crippen LogP contribution < -0.4 is 15.4 Å². The van der Waals surface area contributed by atoms with Gasteiger partial charge in [0.25, 0.3) is 0 Å². The van der Waals surface area contributed by atoms with Gasteiger partial charge < -0.3 is 25.0 Å². The molecule has 2 saturated heterocycles. The van der Waals surface area contributed by atoms with Gasteiger partial charge in [-0.2, -0.15) is 0 Å². The van der Waals surface area contributed by atoms with Gasteiger partial charge in [0.2, 0.25) is 11.8 Å². The molecule has 0 spiro atoms. The zero-order valence-corrected chi connectivity index (χ0v) is 21.9. The van der Waals surface area contributed by atoms with Crippen molar-refractivity contribution in [1.29, 1.82) is 0 Å². The average molecular weight is 489 g/mol. The van der Waals surface area contributed by atoms with Gasteiger partial charge in [-0.05, 0) is 59.2 Å². The average Bonchev–Trinajstić information content (AvgIpc) is 3.37. The van der Waals surface area contributed by atoms with Crippen LogP contribution in [0.1, 0.15) is 48.0 Å². The Morgan fingerprint density at radius 3 is 2.29 bits per heavy atom. The Balaban J connectivity index is 1.86. The van der Waals surface area contributed by atoms with E-state index in [0.29, 0.717) is 25.3 Å². The number of fused-ring (bicyclic) bond motifs is 1. The SMILES string of the molecule is CN[C@@H](C)C(=O)NC(C(=O)N1CC[C@@H]2[C@H]1[C@@H](Oc1ccccc1)CN2C(=O)OC(C)(C)C)C(C)C. The first-order chi connectivity index (χ1) is 16.4. The number of para-hydroxylation sites is 1. The Hall–Kier alpha value is -2.81. The molecule has 2 N–H and O–H groups in total. The van der Waals surface area contributed by atoms with Crippen molar-refractivity contribution in [2.45, 2.75) is 83.8 Å². The fraction of sp³-hybridized carbons (Fsp3) is 0.654. The smallest absolute Gasteiger partial charge is 0.410 e. The molecule has 1 aromatic rings. The molecule has 3 amide bonds. The summed E-state index contributed by atoms with van der Waals surface area (Å²) in [5.74, 6) is 0.190. The number of carbonyl (C=O) groups is 3. The van der Waals surface area contributed by atoms with Crippen molar-refractivity contribution in [2.24, 2.45) is 5.92 Å². The lowest BCUT2D eigenvalue weighted by Gasteiger charge is -2.33. The number of likely N-dealkylation sites (tertiary alicyclic amines) is 2. The summed E-state index contributed by atoms with van der Waals surface area (Å²) in [7, 11) is 1.71. The number of nitrogens with zero attached hydrogens (tertiary/aromatic N) is 2. The minimum atomic E-state index is -0.676. The number of hydrogen-bond acceptors (Lipinski definition) is 6. The first-order valence-electron chi connectivity index (χ1n) is 12.4.